The van der Waals surface area contributed by atoms with Crippen LogP contribution in [0.3, 0.4) is 0 Å². The Morgan fingerprint density at radius 3 is 2.06 bits per heavy atom. The molecule has 0 fully saturated rings. The van der Waals surface area contributed by atoms with Crippen LogP contribution in [0.4, 0.5) is 13.2 Å². The minimum absolute atomic E-state index is 0.249. The van der Waals surface area contributed by atoms with E-state index < -0.39 is 18.4 Å². The Balaban J connectivity index is 2.76. The third-order valence-corrected chi connectivity index (χ3v) is 2.53. The Morgan fingerprint density at radius 1 is 1.06 bits per heavy atom. The van der Waals surface area contributed by atoms with Crippen molar-refractivity contribution in [2.24, 2.45) is 0 Å². The van der Waals surface area contributed by atoms with Crippen LogP contribution < -0.4 is 0 Å². The molecule has 0 bridgehead atoms. The van der Waals surface area contributed by atoms with Gasteiger partial charge in [-0.25, -0.2) is 0 Å². The predicted molar refractivity (Wildman–Crippen MR) is 57.7 cm³/mol. The van der Waals surface area contributed by atoms with Crippen LogP contribution in [-0.4, -0.2) is 26.5 Å². The monoisotopic (exact) mass is 248 g/mol. The summed E-state index contributed by atoms with van der Waals surface area (Å²) in [5.74, 6) is 0. The van der Waals surface area contributed by atoms with E-state index in [1.165, 1.54) is 7.11 Å². The molecule has 2 nitrogen and oxygen atoms in total. The summed E-state index contributed by atoms with van der Waals surface area (Å²) in [4.78, 5) is 0. The van der Waals surface area contributed by atoms with E-state index in [9.17, 15) is 13.2 Å². The number of alkyl halides is 3. The third kappa shape index (κ3) is 4.02. The standard InChI is InChI=1S/C12H15F3O2/c1-16-10(9-6-4-3-5-7-9)8-11(17-2)12(13,14)15/h3-7,10-11H,8H2,1-2H3. The van der Waals surface area contributed by atoms with Gasteiger partial charge in [-0.15, -0.1) is 0 Å². The van der Waals surface area contributed by atoms with Crippen molar-refractivity contribution >= 4 is 0 Å². The van der Waals surface area contributed by atoms with E-state index in [1.54, 1.807) is 30.3 Å². The SMILES string of the molecule is COC(CC(OC)C(F)(F)F)c1ccccc1. The highest BCUT2D eigenvalue weighted by Crippen LogP contribution is 2.31. The van der Waals surface area contributed by atoms with Crippen LogP contribution >= 0.6 is 0 Å². The Morgan fingerprint density at radius 2 is 1.65 bits per heavy atom. The summed E-state index contributed by atoms with van der Waals surface area (Å²) in [5, 5.41) is 0. The molecular weight excluding hydrogens is 233 g/mol. The fourth-order valence-corrected chi connectivity index (χ4v) is 1.59. The Bertz CT molecular complexity index is 324. The minimum Gasteiger partial charge on any atom is -0.377 e. The van der Waals surface area contributed by atoms with Gasteiger partial charge in [0.2, 0.25) is 0 Å². The van der Waals surface area contributed by atoms with E-state index in [0.29, 0.717) is 5.56 Å². The van der Waals surface area contributed by atoms with Crippen LogP contribution in [0.2, 0.25) is 0 Å². The van der Waals surface area contributed by atoms with E-state index >= 15 is 0 Å². The highest BCUT2D eigenvalue weighted by Gasteiger charge is 2.41. The van der Waals surface area contributed by atoms with E-state index in [4.69, 9.17) is 4.74 Å². The number of hydrogen-bond acceptors (Lipinski definition) is 2. The number of benzene rings is 1. The molecular formula is C12H15F3O2. The van der Waals surface area contributed by atoms with E-state index in [1.807, 2.05) is 0 Å². The highest BCUT2D eigenvalue weighted by molar-refractivity contribution is 5.17. The zero-order valence-electron chi connectivity index (χ0n) is 9.70. The average molecular weight is 248 g/mol. The van der Waals surface area contributed by atoms with Gasteiger partial charge >= 0.3 is 6.18 Å². The van der Waals surface area contributed by atoms with E-state index in [0.717, 1.165) is 7.11 Å². The van der Waals surface area contributed by atoms with Gasteiger partial charge in [-0.2, -0.15) is 13.2 Å². The Labute approximate surface area is 98.3 Å². The maximum absolute atomic E-state index is 12.6. The van der Waals surface area contributed by atoms with Gasteiger partial charge in [-0.05, 0) is 5.56 Å². The number of methoxy groups -OCH3 is 2. The van der Waals surface area contributed by atoms with Crippen LogP contribution in [0.15, 0.2) is 30.3 Å². The van der Waals surface area contributed by atoms with Crippen molar-refractivity contribution in [1.29, 1.82) is 0 Å². The van der Waals surface area contributed by atoms with Gasteiger partial charge in [-0.1, -0.05) is 30.3 Å². The second-order valence-electron chi connectivity index (χ2n) is 3.64. The first-order chi connectivity index (χ1) is 7.99. The molecule has 0 saturated carbocycles. The molecule has 1 aromatic rings. The molecule has 17 heavy (non-hydrogen) atoms. The summed E-state index contributed by atoms with van der Waals surface area (Å²) in [5.41, 5.74) is 0.710. The Kier molecular flexibility index (Phi) is 4.96. The second kappa shape index (κ2) is 6.02. The quantitative estimate of drug-likeness (QED) is 0.795. The first kappa shape index (κ1) is 14.0. The lowest BCUT2D eigenvalue weighted by atomic mass is 10.0. The van der Waals surface area contributed by atoms with Gasteiger partial charge in [0.25, 0.3) is 0 Å². The third-order valence-electron chi connectivity index (χ3n) is 2.53. The molecule has 1 rings (SSSR count). The van der Waals surface area contributed by atoms with Crippen LogP contribution in [0.1, 0.15) is 18.1 Å². The normalized spacial score (nSPS) is 15.6. The zero-order chi connectivity index (χ0) is 12.9. The zero-order valence-corrected chi connectivity index (χ0v) is 9.70. The minimum atomic E-state index is -4.37. The van der Waals surface area contributed by atoms with Crippen LogP contribution in [0.5, 0.6) is 0 Å². The van der Waals surface area contributed by atoms with Gasteiger partial charge in [0.15, 0.2) is 6.10 Å². The van der Waals surface area contributed by atoms with Gasteiger partial charge in [0.05, 0.1) is 6.10 Å². The first-order valence-corrected chi connectivity index (χ1v) is 5.16. The highest BCUT2D eigenvalue weighted by atomic mass is 19.4. The summed E-state index contributed by atoms with van der Waals surface area (Å²) >= 11 is 0. The van der Waals surface area contributed by atoms with Crippen molar-refractivity contribution < 1.29 is 22.6 Å². The summed E-state index contributed by atoms with van der Waals surface area (Å²) in [7, 11) is 2.44. The van der Waals surface area contributed by atoms with Gasteiger partial charge in [0, 0.05) is 20.6 Å². The fourth-order valence-electron chi connectivity index (χ4n) is 1.59. The molecule has 0 aliphatic heterocycles. The fraction of sp³-hybridized carbons (Fsp3) is 0.500. The van der Waals surface area contributed by atoms with Gasteiger partial charge < -0.3 is 9.47 Å². The van der Waals surface area contributed by atoms with Crippen molar-refractivity contribution in [3.63, 3.8) is 0 Å². The van der Waals surface area contributed by atoms with Crippen LogP contribution in [0, 0.1) is 0 Å². The lowest BCUT2D eigenvalue weighted by Crippen LogP contribution is -2.32. The largest absolute Gasteiger partial charge is 0.414 e. The molecule has 0 radical (unpaired) electrons. The summed E-state index contributed by atoms with van der Waals surface area (Å²) in [6.45, 7) is 0. The molecule has 96 valence electrons. The molecule has 0 saturated heterocycles. The van der Waals surface area contributed by atoms with E-state index in [2.05, 4.69) is 4.74 Å². The van der Waals surface area contributed by atoms with Gasteiger partial charge in [0.1, 0.15) is 0 Å². The summed E-state index contributed by atoms with van der Waals surface area (Å²) in [6, 6.07) is 8.79. The molecule has 5 heteroatoms. The lowest BCUT2D eigenvalue weighted by molar-refractivity contribution is -0.221. The predicted octanol–water partition coefficient (Wildman–Crippen LogP) is 3.34. The number of rotatable bonds is 5. The first-order valence-electron chi connectivity index (χ1n) is 5.16. The molecule has 0 amide bonds. The molecule has 2 unspecified atom stereocenters. The summed E-state index contributed by atoms with van der Waals surface area (Å²) < 4.78 is 47.2. The maximum atomic E-state index is 12.6. The van der Waals surface area contributed by atoms with Crippen molar-refractivity contribution in [2.45, 2.75) is 24.8 Å². The molecule has 0 spiro atoms. The van der Waals surface area contributed by atoms with Crippen molar-refractivity contribution in [1.82, 2.24) is 0 Å². The van der Waals surface area contributed by atoms with E-state index in [-0.39, 0.29) is 6.42 Å². The molecule has 0 aromatic heterocycles. The van der Waals surface area contributed by atoms with Gasteiger partial charge in [-0.3, -0.25) is 0 Å². The lowest BCUT2D eigenvalue weighted by Gasteiger charge is -2.23. The smallest absolute Gasteiger partial charge is 0.377 e. The maximum Gasteiger partial charge on any atom is 0.414 e. The Hall–Kier alpha value is -1.07. The van der Waals surface area contributed by atoms with Crippen molar-refractivity contribution in [2.75, 3.05) is 14.2 Å². The van der Waals surface area contributed by atoms with Crippen molar-refractivity contribution in [3.8, 4) is 0 Å². The number of ether oxygens (including phenoxy) is 2. The molecule has 0 heterocycles. The molecule has 2 atom stereocenters. The number of hydrogen-bond donors (Lipinski definition) is 0. The van der Waals surface area contributed by atoms with Crippen LogP contribution in [-0.2, 0) is 9.47 Å². The topological polar surface area (TPSA) is 18.5 Å². The van der Waals surface area contributed by atoms with Crippen molar-refractivity contribution in [3.05, 3.63) is 35.9 Å². The molecule has 1 aromatic carbocycles. The second-order valence-corrected chi connectivity index (χ2v) is 3.64. The van der Waals surface area contributed by atoms with Crippen LogP contribution in [0.25, 0.3) is 0 Å². The molecule has 0 aliphatic carbocycles. The number of halogens is 3. The molecule has 0 N–H and O–H groups in total. The summed E-state index contributed by atoms with van der Waals surface area (Å²) in [6.07, 6.45) is -7.06. The molecule has 0 aliphatic rings. The average Bonchev–Trinajstić information content (AvgIpc) is 2.30.